The minimum absolute atomic E-state index is 0.0477. The van der Waals surface area contributed by atoms with Gasteiger partial charge in [0.1, 0.15) is 6.61 Å². The third-order valence-corrected chi connectivity index (χ3v) is 5.41. The van der Waals surface area contributed by atoms with Crippen LogP contribution >= 0.6 is 0 Å². The molecular weight excluding hydrogens is 342 g/mol. The lowest BCUT2D eigenvalue weighted by atomic mass is 10.3. The summed E-state index contributed by atoms with van der Waals surface area (Å²) in [6, 6.07) is 8.01. The third kappa shape index (κ3) is 4.76. The highest BCUT2D eigenvalue weighted by atomic mass is 16.5. The second kappa shape index (κ2) is 8.67. The predicted molar refractivity (Wildman–Crippen MR) is 101 cm³/mol. The van der Waals surface area contributed by atoms with Gasteiger partial charge >= 0.3 is 0 Å². The molecule has 0 N–H and O–H groups in total. The molecule has 0 aromatic carbocycles. The van der Waals surface area contributed by atoms with E-state index in [1.54, 1.807) is 6.20 Å². The number of nitrogens with zero attached hydrogens (tertiary/aromatic N) is 3. The molecule has 0 spiro atoms. The Bertz CT molecular complexity index is 740. The Kier molecular flexibility index (Phi) is 5.84. The number of amides is 1. The largest absolute Gasteiger partial charge is 0.370 e. The van der Waals surface area contributed by atoms with Crippen LogP contribution in [0.1, 0.15) is 36.9 Å². The van der Waals surface area contributed by atoms with Crippen molar-refractivity contribution in [3.63, 3.8) is 0 Å². The van der Waals surface area contributed by atoms with Crippen molar-refractivity contribution in [3.8, 4) is 0 Å². The number of fused-ring (bicyclic) bond motifs is 1. The van der Waals surface area contributed by atoms with E-state index in [1.165, 1.54) is 12.8 Å². The monoisotopic (exact) mass is 369 g/mol. The zero-order valence-corrected chi connectivity index (χ0v) is 15.6. The van der Waals surface area contributed by atoms with Crippen molar-refractivity contribution in [3.05, 3.63) is 54.1 Å². The molecule has 2 aromatic rings. The van der Waals surface area contributed by atoms with Crippen LogP contribution in [0, 0.1) is 0 Å². The zero-order valence-electron chi connectivity index (χ0n) is 15.6. The summed E-state index contributed by atoms with van der Waals surface area (Å²) in [5.74, 6) is 0.0477. The van der Waals surface area contributed by atoms with Gasteiger partial charge in [-0.2, -0.15) is 0 Å². The lowest BCUT2D eigenvalue weighted by Gasteiger charge is -2.25. The molecule has 1 unspecified atom stereocenters. The van der Waals surface area contributed by atoms with Crippen molar-refractivity contribution in [2.24, 2.45) is 0 Å². The second-order valence-electron chi connectivity index (χ2n) is 7.44. The number of hydrogen-bond acceptors (Lipinski definition) is 4. The molecule has 4 rings (SSSR count). The Morgan fingerprint density at radius 1 is 1.11 bits per heavy atom. The molecule has 1 aliphatic carbocycles. The van der Waals surface area contributed by atoms with E-state index >= 15 is 0 Å². The minimum Gasteiger partial charge on any atom is -0.370 e. The van der Waals surface area contributed by atoms with Crippen LogP contribution in [0.5, 0.6) is 0 Å². The van der Waals surface area contributed by atoms with Crippen molar-refractivity contribution in [1.29, 1.82) is 0 Å². The van der Waals surface area contributed by atoms with Crippen LogP contribution in [0.4, 0.5) is 0 Å². The number of hydrogen-bond donors (Lipinski definition) is 0. The predicted octanol–water partition coefficient (Wildman–Crippen LogP) is 2.77. The van der Waals surface area contributed by atoms with Crippen molar-refractivity contribution in [2.75, 3.05) is 13.2 Å². The SMILES string of the molecule is O=C(COC1CCCC1)N1Cc2cccn2CC(OCc2cccnc2)C1. The normalized spacial score (nSPS) is 20.4. The first-order chi connectivity index (χ1) is 13.3. The van der Waals surface area contributed by atoms with Crippen molar-refractivity contribution >= 4 is 5.91 Å². The quantitative estimate of drug-likeness (QED) is 0.786. The fraction of sp³-hybridized carbons (Fsp3) is 0.524. The van der Waals surface area contributed by atoms with Gasteiger partial charge in [0, 0.05) is 30.8 Å². The smallest absolute Gasteiger partial charge is 0.249 e. The van der Waals surface area contributed by atoms with Crippen molar-refractivity contribution in [2.45, 2.75) is 57.6 Å². The maximum absolute atomic E-state index is 12.8. The maximum atomic E-state index is 12.8. The summed E-state index contributed by atoms with van der Waals surface area (Å²) in [6.07, 6.45) is 10.4. The third-order valence-electron chi connectivity index (χ3n) is 5.41. The summed E-state index contributed by atoms with van der Waals surface area (Å²) >= 11 is 0. The van der Waals surface area contributed by atoms with Gasteiger partial charge in [-0.3, -0.25) is 9.78 Å². The van der Waals surface area contributed by atoms with Gasteiger partial charge in [0.15, 0.2) is 0 Å². The molecule has 3 heterocycles. The van der Waals surface area contributed by atoms with Gasteiger partial charge in [-0.25, -0.2) is 0 Å². The van der Waals surface area contributed by atoms with E-state index in [0.717, 1.165) is 30.6 Å². The number of rotatable bonds is 6. The van der Waals surface area contributed by atoms with E-state index in [1.807, 2.05) is 29.3 Å². The van der Waals surface area contributed by atoms with Crippen LogP contribution in [-0.4, -0.2) is 45.7 Å². The van der Waals surface area contributed by atoms with Crippen LogP contribution in [0.15, 0.2) is 42.9 Å². The van der Waals surface area contributed by atoms with Crippen LogP contribution in [-0.2, 0) is 34.0 Å². The van der Waals surface area contributed by atoms with Gasteiger partial charge < -0.3 is 18.9 Å². The molecule has 2 aliphatic rings. The zero-order chi connectivity index (χ0) is 18.5. The number of pyridine rings is 1. The fourth-order valence-electron chi connectivity index (χ4n) is 3.88. The Morgan fingerprint density at radius 3 is 2.81 bits per heavy atom. The molecule has 1 amide bonds. The molecule has 144 valence electrons. The van der Waals surface area contributed by atoms with Gasteiger partial charge in [-0.15, -0.1) is 0 Å². The highest BCUT2D eigenvalue weighted by Crippen LogP contribution is 2.21. The molecule has 1 aliphatic heterocycles. The standard InChI is InChI=1S/C21H27N3O3/c25-21(16-27-19-7-1-2-8-19)24-12-18-6-4-10-23(18)13-20(14-24)26-15-17-5-3-9-22-11-17/h3-6,9-11,19-20H,1-2,7-8,12-16H2. The van der Waals surface area contributed by atoms with Gasteiger partial charge in [0.05, 0.1) is 31.9 Å². The van der Waals surface area contributed by atoms with E-state index in [4.69, 9.17) is 9.47 Å². The maximum Gasteiger partial charge on any atom is 0.249 e. The molecule has 1 saturated carbocycles. The Balaban J connectivity index is 1.39. The Labute approximate surface area is 160 Å². The summed E-state index contributed by atoms with van der Waals surface area (Å²) in [6.45, 7) is 2.59. The summed E-state index contributed by atoms with van der Waals surface area (Å²) in [4.78, 5) is 18.8. The molecule has 1 fully saturated rings. The molecular formula is C21H27N3O3. The second-order valence-corrected chi connectivity index (χ2v) is 7.44. The van der Waals surface area contributed by atoms with Crippen LogP contribution < -0.4 is 0 Å². The Morgan fingerprint density at radius 2 is 2.00 bits per heavy atom. The van der Waals surface area contributed by atoms with Gasteiger partial charge in [0.25, 0.3) is 0 Å². The number of carbonyl (C=O) groups is 1. The van der Waals surface area contributed by atoms with E-state index in [0.29, 0.717) is 19.7 Å². The van der Waals surface area contributed by atoms with Crippen LogP contribution in [0.2, 0.25) is 0 Å². The summed E-state index contributed by atoms with van der Waals surface area (Å²) in [5.41, 5.74) is 2.17. The van der Waals surface area contributed by atoms with Gasteiger partial charge in [-0.05, 0) is 36.6 Å². The number of carbonyl (C=O) groups excluding carboxylic acids is 1. The molecule has 0 bridgehead atoms. The number of ether oxygens (including phenoxy) is 2. The minimum atomic E-state index is -0.0608. The van der Waals surface area contributed by atoms with E-state index < -0.39 is 0 Å². The lowest BCUT2D eigenvalue weighted by molar-refractivity contribution is -0.140. The van der Waals surface area contributed by atoms with E-state index in [2.05, 4.69) is 21.8 Å². The van der Waals surface area contributed by atoms with Gasteiger partial charge in [-0.1, -0.05) is 18.9 Å². The van der Waals surface area contributed by atoms with E-state index in [9.17, 15) is 4.79 Å². The highest BCUT2D eigenvalue weighted by molar-refractivity contribution is 5.77. The first-order valence-corrected chi connectivity index (χ1v) is 9.82. The molecule has 0 radical (unpaired) electrons. The van der Waals surface area contributed by atoms with Crippen molar-refractivity contribution in [1.82, 2.24) is 14.5 Å². The summed E-state index contributed by atoms with van der Waals surface area (Å²) in [7, 11) is 0. The fourth-order valence-corrected chi connectivity index (χ4v) is 3.88. The van der Waals surface area contributed by atoms with Crippen molar-refractivity contribution < 1.29 is 14.3 Å². The van der Waals surface area contributed by atoms with Crippen LogP contribution in [0.25, 0.3) is 0 Å². The summed E-state index contributed by atoms with van der Waals surface area (Å²) < 4.78 is 14.2. The molecule has 6 nitrogen and oxygen atoms in total. The van der Waals surface area contributed by atoms with Gasteiger partial charge in [0.2, 0.25) is 5.91 Å². The molecule has 0 saturated heterocycles. The topological polar surface area (TPSA) is 56.6 Å². The van der Waals surface area contributed by atoms with Crippen LogP contribution in [0.3, 0.4) is 0 Å². The number of aromatic nitrogens is 2. The highest BCUT2D eigenvalue weighted by Gasteiger charge is 2.26. The first-order valence-electron chi connectivity index (χ1n) is 9.82. The molecule has 6 heteroatoms. The lowest BCUT2D eigenvalue weighted by Crippen LogP contribution is -2.39. The Hall–Kier alpha value is -2.18. The summed E-state index contributed by atoms with van der Waals surface area (Å²) in [5, 5.41) is 0. The molecule has 1 atom stereocenters. The van der Waals surface area contributed by atoms with E-state index in [-0.39, 0.29) is 24.7 Å². The average molecular weight is 369 g/mol. The first kappa shape index (κ1) is 18.2. The average Bonchev–Trinajstić information content (AvgIpc) is 3.34. The molecule has 27 heavy (non-hydrogen) atoms. The molecule has 2 aromatic heterocycles.